The zero-order valence-electron chi connectivity index (χ0n) is 17.1. The smallest absolute Gasteiger partial charge is 0.153 e. The first-order valence-corrected chi connectivity index (χ1v) is 10.2. The van der Waals surface area contributed by atoms with E-state index in [1.54, 1.807) is 0 Å². The van der Waals surface area contributed by atoms with Gasteiger partial charge in [-0.2, -0.15) is 4.99 Å². The van der Waals surface area contributed by atoms with E-state index in [1.165, 1.54) is 28.8 Å². The highest BCUT2D eigenvalue weighted by atomic mass is 32.1. The number of aryl methyl sites for hydroxylation is 2. The van der Waals surface area contributed by atoms with Gasteiger partial charge in [0.25, 0.3) is 0 Å². The Morgan fingerprint density at radius 1 is 0.645 bits per heavy atom. The van der Waals surface area contributed by atoms with Gasteiger partial charge in [0.05, 0.1) is 5.16 Å². The molecule has 4 aromatic rings. The molecule has 0 atom stereocenters. The second kappa shape index (κ2) is 8.73. The lowest BCUT2D eigenvalue weighted by atomic mass is 9.94. The van der Waals surface area contributed by atoms with Crippen LogP contribution in [0.2, 0.25) is 0 Å². The molecule has 0 aliphatic heterocycles. The molecule has 0 heterocycles. The molecule has 0 aliphatic rings. The summed E-state index contributed by atoms with van der Waals surface area (Å²) in [6, 6.07) is 25.0. The van der Waals surface area contributed by atoms with Crippen molar-refractivity contribution in [3.63, 3.8) is 0 Å². The first-order valence-electron chi connectivity index (χ1n) is 9.81. The molecule has 0 amide bonds. The Labute approximate surface area is 185 Å². The van der Waals surface area contributed by atoms with Gasteiger partial charge in [0.15, 0.2) is 11.6 Å². The summed E-state index contributed by atoms with van der Waals surface area (Å²) in [6.45, 7) is 4.16. The maximum atomic E-state index is 14.2. The molecule has 4 aromatic carbocycles. The standard InChI is InChI=1S/C27H19F2NS/c1-17-3-5-19(6-4-17)22-11-12-24(18(2)13-22)21-9-7-20(8-10-21)23-14-25(28)27(30-16-31)26(29)15-23/h3-15H,1-2H3. The van der Waals surface area contributed by atoms with E-state index in [0.29, 0.717) is 11.1 Å². The van der Waals surface area contributed by atoms with E-state index in [0.717, 1.165) is 16.7 Å². The predicted octanol–water partition coefficient (Wildman–Crippen LogP) is 8.32. The fraction of sp³-hybridized carbons (Fsp3) is 0.0741. The Bertz CT molecular complexity index is 1280. The van der Waals surface area contributed by atoms with Crippen molar-refractivity contribution in [2.75, 3.05) is 0 Å². The van der Waals surface area contributed by atoms with Crippen LogP contribution >= 0.6 is 12.2 Å². The minimum absolute atomic E-state index is 0.417. The van der Waals surface area contributed by atoms with Crippen LogP contribution in [0.3, 0.4) is 0 Å². The maximum Gasteiger partial charge on any atom is 0.153 e. The molecule has 0 saturated heterocycles. The van der Waals surface area contributed by atoms with Crippen LogP contribution in [0.1, 0.15) is 11.1 Å². The van der Waals surface area contributed by atoms with E-state index >= 15 is 0 Å². The number of benzene rings is 4. The van der Waals surface area contributed by atoms with Gasteiger partial charge in [-0.25, -0.2) is 8.78 Å². The number of halogens is 2. The normalized spacial score (nSPS) is 10.6. The quantitative estimate of drug-likeness (QED) is 0.236. The molecule has 0 saturated carbocycles. The molecule has 0 unspecified atom stereocenters. The molecule has 1 nitrogen and oxygen atoms in total. The van der Waals surface area contributed by atoms with E-state index in [4.69, 9.17) is 0 Å². The first-order chi connectivity index (χ1) is 15.0. The number of isothiocyanates is 1. The fourth-order valence-corrected chi connectivity index (χ4v) is 3.73. The maximum absolute atomic E-state index is 14.2. The third kappa shape index (κ3) is 4.36. The van der Waals surface area contributed by atoms with E-state index < -0.39 is 17.3 Å². The predicted molar refractivity (Wildman–Crippen MR) is 127 cm³/mol. The van der Waals surface area contributed by atoms with Gasteiger partial charge in [0.1, 0.15) is 5.69 Å². The van der Waals surface area contributed by atoms with Crippen molar-refractivity contribution >= 4 is 23.1 Å². The molecular formula is C27H19F2NS. The Morgan fingerprint density at radius 2 is 1.16 bits per heavy atom. The van der Waals surface area contributed by atoms with Crippen molar-refractivity contribution in [3.8, 4) is 33.4 Å². The molecule has 4 heteroatoms. The molecule has 4 rings (SSSR count). The number of rotatable bonds is 4. The number of nitrogens with zero attached hydrogens (tertiary/aromatic N) is 1. The van der Waals surface area contributed by atoms with Crippen LogP contribution in [0.25, 0.3) is 33.4 Å². The molecule has 31 heavy (non-hydrogen) atoms. The van der Waals surface area contributed by atoms with Gasteiger partial charge in [-0.15, -0.1) is 0 Å². The molecule has 152 valence electrons. The van der Waals surface area contributed by atoms with Gasteiger partial charge >= 0.3 is 0 Å². The minimum Gasteiger partial charge on any atom is -0.204 e. The van der Waals surface area contributed by atoms with Crippen molar-refractivity contribution in [1.82, 2.24) is 0 Å². The topological polar surface area (TPSA) is 12.4 Å². The van der Waals surface area contributed by atoms with Crippen molar-refractivity contribution in [2.45, 2.75) is 13.8 Å². The number of hydrogen-bond acceptors (Lipinski definition) is 2. The summed E-state index contributed by atoms with van der Waals surface area (Å²) in [5.41, 5.74) is 7.64. The van der Waals surface area contributed by atoms with Crippen LogP contribution in [-0.2, 0) is 0 Å². The van der Waals surface area contributed by atoms with Gasteiger partial charge < -0.3 is 0 Å². The van der Waals surface area contributed by atoms with Crippen LogP contribution < -0.4 is 0 Å². The molecule has 0 spiro atoms. The van der Waals surface area contributed by atoms with E-state index in [1.807, 2.05) is 29.4 Å². The highest BCUT2D eigenvalue weighted by Crippen LogP contribution is 2.32. The second-order valence-electron chi connectivity index (χ2n) is 7.46. The largest absolute Gasteiger partial charge is 0.204 e. The van der Waals surface area contributed by atoms with Crippen LogP contribution in [-0.4, -0.2) is 5.16 Å². The molecular weight excluding hydrogens is 408 g/mol. The molecule has 0 aliphatic carbocycles. The van der Waals surface area contributed by atoms with Gasteiger partial charge in [-0.1, -0.05) is 72.3 Å². The third-order valence-electron chi connectivity index (χ3n) is 5.31. The summed E-state index contributed by atoms with van der Waals surface area (Å²) in [6.07, 6.45) is 0. The zero-order chi connectivity index (χ0) is 22.0. The van der Waals surface area contributed by atoms with E-state index in [2.05, 4.69) is 73.5 Å². The highest BCUT2D eigenvalue weighted by Gasteiger charge is 2.12. The monoisotopic (exact) mass is 427 g/mol. The number of hydrogen-bond donors (Lipinski definition) is 0. The summed E-state index contributed by atoms with van der Waals surface area (Å²) in [5, 5.41) is 2.00. The van der Waals surface area contributed by atoms with Crippen molar-refractivity contribution in [2.24, 2.45) is 4.99 Å². The van der Waals surface area contributed by atoms with Crippen molar-refractivity contribution < 1.29 is 8.78 Å². The molecule has 0 bridgehead atoms. The van der Waals surface area contributed by atoms with Gasteiger partial charge in [0.2, 0.25) is 0 Å². The summed E-state index contributed by atoms with van der Waals surface area (Å²) < 4.78 is 28.3. The minimum atomic E-state index is -0.765. The lowest BCUT2D eigenvalue weighted by Gasteiger charge is -2.11. The molecule has 0 radical (unpaired) electrons. The van der Waals surface area contributed by atoms with Crippen LogP contribution in [0.5, 0.6) is 0 Å². The van der Waals surface area contributed by atoms with Crippen molar-refractivity contribution in [1.29, 1.82) is 0 Å². The van der Waals surface area contributed by atoms with Gasteiger partial charge in [0, 0.05) is 0 Å². The first kappa shape index (κ1) is 20.8. The van der Waals surface area contributed by atoms with Gasteiger partial charge in [-0.3, -0.25) is 0 Å². The Balaban J connectivity index is 1.64. The van der Waals surface area contributed by atoms with Crippen LogP contribution in [0, 0.1) is 25.5 Å². The van der Waals surface area contributed by atoms with E-state index in [9.17, 15) is 8.78 Å². The summed E-state index contributed by atoms with van der Waals surface area (Å²) in [5.74, 6) is -1.53. The lowest BCUT2D eigenvalue weighted by Crippen LogP contribution is -1.88. The Hall–Kier alpha value is -3.46. The number of thiocarbonyl (C=S) groups is 1. The van der Waals surface area contributed by atoms with E-state index in [-0.39, 0.29) is 0 Å². The summed E-state index contributed by atoms with van der Waals surface area (Å²) in [4.78, 5) is 3.45. The molecule has 0 fully saturated rings. The lowest BCUT2D eigenvalue weighted by molar-refractivity contribution is 0.588. The Morgan fingerprint density at radius 3 is 1.74 bits per heavy atom. The van der Waals surface area contributed by atoms with Crippen LogP contribution in [0.15, 0.2) is 83.9 Å². The highest BCUT2D eigenvalue weighted by molar-refractivity contribution is 7.78. The molecule has 0 aromatic heterocycles. The van der Waals surface area contributed by atoms with Crippen molar-refractivity contribution in [3.05, 3.63) is 102 Å². The number of aliphatic imine (C=N–C) groups is 1. The summed E-state index contributed by atoms with van der Waals surface area (Å²) in [7, 11) is 0. The Kier molecular flexibility index (Phi) is 5.85. The van der Waals surface area contributed by atoms with Crippen LogP contribution in [0.4, 0.5) is 14.5 Å². The average Bonchev–Trinajstić information content (AvgIpc) is 2.77. The third-order valence-corrected chi connectivity index (χ3v) is 5.41. The molecule has 0 N–H and O–H groups in total. The second-order valence-corrected chi connectivity index (χ2v) is 7.65. The summed E-state index contributed by atoms with van der Waals surface area (Å²) >= 11 is 4.44. The SMILES string of the molecule is Cc1ccc(-c2ccc(-c3ccc(-c4cc(F)c(N=C=S)c(F)c4)cc3)c(C)c2)cc1. The average molecular weight is 428 g/mol. The fourth-order valence-electron chi connectivity index (χ4n) is 3.64. The zero-order valence-corrected chi connectivity index (χ0v) is 17.9. The van der Waals surface area contributed by atoms with Gasteiger partial charge in [-0.05, 0) is 77.1 Å².